The Bertz CT molecular complexity index is 2030. The molecule has 0 radical (unpaired) electrons. The minimum Gasteiger partial charge on any atom is -0.491 e. The zero-order valence-electron chi connectivity index (χ0n) is 27.6. The Morgan fingerprint density at radius 1 is 0.833 bits per heavy atom. The molecule has 0 aliphatic carbocycles. The lowest BCUT2D eigenvalue weighted by Gasteiger charge is -2.04. The second-order valence-electron chi connectivity index (χ2n) is 10.2. The average molecular weight is 651 g/mol. The van der Waals surface area contributed by atoms with Gasteiger partial charge in [0, 0.05) is 16.8 Å². The van der Waals surface area contributed by atoms with Crippen molar-refractivity contribution in [1.82, 2.24) is 39.5 Å². The zero-order valence-corrected chi connectivity index (χ0v) is 27.6. The van der Waals surface area contributed by atoms with Gasteiger partial charge < -0.3 is 15.3 Å². The molecule has 0 fully saturated rings. The van der Waals surface area contributed by atoms with E-state index in [0.717, 1.165) is 23.1 Å². The van der Waals surface area contributed by atoms with Crippen molar-refractivity contribution < 1.29 is 13.5 Å². The van der Waals surface area contributed by atoms with Crippen LogP contribution in [-0.4, -0.2) is 46.6 Å². The van der Waals surface area contributed by atoms with Crippen molar-refractivity contribution in [3.05, 3.63) is 124 Å². The molecule has 6 rings (SSSR count). The fourth-order valence-corrected chi connectivity index (χ4v) is 4.50. The first-order chi connectivity index (χ1) is 23.2. The number of nitrogens with zero attached hydrogens (tertiary/aromatic N) is 9. The van der Waals surface area contributed by atoms with Crippen LogP contribution in [0.4, 0.5) is 20.4 Å². The van der Waals surface area contributed by atoms with E-state index in [4.69, 9.17) is 17.0 Å². The topological polar surface area (TPSA) is 127 Å². The molecule has 0 saturated carbocycles. The highest BCUT2D eigenvalue weighted by molar-refractivity contribution is 5.60. The number of ether oxygens (including phenoxy) is 1. The number of rotatable bonds is 7. The van der Waals surface area contributed by atoms with E-state index in [2.05, 4.69) is 47.1 Å². The SMILES string of the molecule is CC.COc1cnc(-c2nn(Cc3ccccc3)c(C)c2C)nc1N.[C-]#[N+]c1cc(-c2ncc(F)c(C)n2)nn1Cc1ccccc1F. The molecule has 0 saturated heterocycles. The van der Waals surface area contributed by atoms with Gasteiger partial charge in [0.1, 0.15) is 23.7 Å². The predicted octanol–water partition coefficient (Wildman–Crippen LogP) is 7.15. The molecule has 0 aliphatic heterocycles. The van der Waals surface area contributed by atoms with Crippen molar-refractivity contribution in [2.45, 2.75) is 47.7 Å². The molecule has 0 bridgehead atoms. The number of aromatic nitrogens is 8. The van der Waals surface area contributed by atoms with Crippen LogP contribution in [0.2, 0.25) is 0 Å². The normalized spacial score (nSPS) is 10.3. The van der Waals surface area contributed by atoms with Gasteiger partial charge in [0.2, 0.25) is 0 Å². The summed E-state index contributed by atoms with van der Waals surface area (Å²) in [6, 6.07) is 18.0. The van der Waals surface area contributed by atoms with Crippen LogP contribution in [0.1, 0.15) is 41.9 Å². The molecule has 0 amide bonds. The second kappa shape index (κ2) is 16.0. The Labute approximate surface area is 277 Å². The number of hydrogen-bond acceptors (Lipinski definition) is 8. The predicted molar refractivity (Wildman–Crippen MR) is 180 cm³/mol. The molecule has 0 aliphatic rings. The molecule has 4 aromatic heterocycles. The lowest BCUT2D eigenvalue weighted by Crippen LogP contribution is -2.04. The van der Waals surface area contributed by atoms with Gasteiger partial charge in [-0.15, -0.1) is 0 Å². The van der Waals surface area contributed by atoms with Crippen LogP contribution >= 0.6 is 0 Å². The molecule has 2 N–H and O–H groups in total. The van der Waals surface area contributed by atoms with E-state index in [1.807, 2.05) is 50.6 Å². The highest BCUT2D eigenvalue weighted by Crippen LogP contribution is 2.26. The highest BCUT2D eigenvalue weighted by atomic mass is 19.1. The Morgan fingerprint density at radius 2 is 1.52 bits per heavy atom. The standard InChI is InChI=1S/C17H19N5O.C16H11F2N5.C2H6/c1-11-12(2)22(10-13-7-5-4-6-8-13)21-15(11)17-19-9-14(23-3)16(18)20-17;1-10-13(18)8-20-16(21-10)14-7-15(19-2)23(22-14)9-11-5-3-4-6-12(11)17;1-2/h4-9H,10H2,1-3H3,(H2,18,19,20);3-8H,9H2,1H3;1-2H3. The van der Waals surface area contributed by atoms with Crippen LogP contribution in [0.5, 0.6) is 5.75 Å². The van der Waals surface area contributed by atoms with Crippen molar-refractivity contribution in [3.8, 4) is 28.8 Å². The third kappa shape index (κ3) is 8.03. The van der Waals surface area contributed by atoms with Crippen LogP contribution in [0.15, 0.2) is 73.1 Å². The van der Waals surface area contributed by atoms with Crippen molar-refractivity contribution >= 4 is 11.6 Å². The lowest BCUT2D eigenvalue weighted by atomic mass is 10.2. The van der Waals surface area contributed by atoms with Gasteiger partial charge in [-0.25, -0.2) is 28.7 Å². The van der Waals surface area contributed by atoms with E-state index in [-0.39, 0.29) is 29.7 Å². The largest absolute Gasteiger partial charge is 0.491 e. The number of benzene rings is 2. The lowest BCUT2D eigenvalue weighted by molar-refractivity contribution is 0.413. The summed E-state index contributed by atoms with van der Waals surface area (Å²) in [5, 5.41) is 8.91. The molecule has 11 nitrogen and oxygen atoms in total. The molecular weight excluding hydrogens is 614 g/mol. The first-order valence-electron chi connectivity index (χ1n) is 15.1. The summed E-state index contributed by atoms with van der Waals surface area (Å²) in [6.07, 6.45) is 2.63. The van der Waals surface area contributed by atoms with Crippen molar-refractivity contribution in [2.75, 3.05) is 12.8 Å². The summed E-state index contributed by atoms with van der Waals surface area (Å²) in [4.78, 5) is 19.9. The fraction of sp³-hybridized carbons (Fsp3) is 0.229. The van der Waals surface area contributed by atoms with Crippen LogP contribution in [0.3, 0.4) is 0 Å². The van der Waals surface area contributed by atoms with Gasteiger partial charge in [0.15, 0.2) is 29.0 Å². The number of anilines is 1. The van der Waals surface area contributed by atoms with Gasteiger partial charge in [-0.2, -0.15) is 9.78 Å². The van der Waals surface area contributed by atoms with Gasteiger partial charge in [-0.05, 0) is 38.5 Å². The average Bonchev–Trinajstić information content (AvgIpc) is 3.64. The molecule has 6 aromatic rings. The Balaban J connectivity index is 0.000000206. The van der Waals surface area contributed by atoms with Crippen LogP contribution in [-0.2, 0) is 13.1 Å². The number of nitrogen functional groups attached to an aromatic ring is 1. The molecule has 0 atom stereocenters. The summed E-state index contributed by atoms with van der Waals surface area (Å²) < 4.78 is 35.4. The van der Waals surface area contributed by atoms with Gasteiger partial charge >= 0.3 is 0 Å². The first kappa shape index (κ1) is 34.8. The third-order valence-electron chi connectivity index (χ3n) is 7.20. The molecular formula is C35H36F2N10O. The zero-order chi connectivity index (χ0) is 34.8. The Kier molecular flexibility index (Phi) is 11.6. The third-order valence-corrected chi connectivity index (χ3v) is 7.20. The van der Waals surface area contributed by atoms with Gasteiger partial charge in [-0.1, -0.05) is 74.0 Å². The summed E-state index contributed by atoms with van der Waals surface area (Å²) >= 11 is 0. The van der Waals surface area contributed by atoms with Crippen molar-refractivity contribution in [2.24, 2.45) is 0 Å². The molecule has 13 heteroatoms. The maximum absolute atomic E-state index is 13.8. The molecule has 2 aromatic carbocycles. The minimum atomic E-state index is -0.509. The van der Waals surface area contributed by atoms with Crippen LogP contribution in [0, 0.1) is 39.0 Å². The van der Waals surface area contributed by atoms with E-state index < -0.39 is 5.82 Å². The molecule has 4 heterocycles. The minimum absolute atomic E-state index is 0.116. The summed E-state index contributed by atoms with van der Waals surface area (Å²) in [5.74, 6) is 0.865. The molecule has 0 spiro atoms. The Morgan fingerprint density at radius 3 is 2.17 bits per heavy atom. The van der Waals surface area contributed by atoms with E-state index in [0.29, 0.717) is 35.2 Å². The summed E-state index contributed by atoms with van der Waals surface area (Å²) in [7, 11) is 1.54. The van der Waals surface area contributed by atoms with E-state index in [9.17, 15) is 8.78 Å². The maximum atomic E-state index is 13.8. The van der Waals surface area contributed by atoms with Crippen molar-refractivity contribution in [3.63, 3.8) is 0 Å². The number of methoxy groups -OCH3 is 1. The van der Waals surface area contributed by atoms with Gasteiger partial charge in [0.05, 0.1) is 31.7 Å². The number of halogens is 2. The quantitative estimate of drug-likeness (QED) is 0.181. The summed E-state index contributed by atoms with van der Waals surface area (Å²) in [5.41, 5.74) is 10.9. The molecule has 0 unspecified atom stereocenters. The first-order valence-corrected chi connectivity index (χ1v) is 15.1. The van der Waals surface area contributed by atoms with Gasteiger partial charge in [-0.3, -0.25) is 4.68 Å². The summed E-state index contributed by atoms with van der Waals surface area (Å²) in [6.45, 7) is 17.6. The Hall–Kier alpha value is -6.03. The number of aryl methyl sites for hydroxylation is 1. The fourth-order valence-electron chi connectivity index (χ4n) is 4.50. The van der Waals surface area contributed by atoms with Crippen molar-refractivity contribution in [1.29, 1.82) is 0 Å². The van der Waals surface area contributed by atoms with E-state index in [1.165, 1.54) is 29.3 Å². The number of hydrogen-bond donors (Lipinski definition) is 1. The maximum Gasteiger partial charge on any atom is 0.253 e. The van der Waals surface area contributed by atoms with Crippen LogP contribution < -0.4 is 10.5 Å². The number of nitrogens with two attached hydrogens (primary N) is 1. The highest BCUT2D eigenvalue weighted by Gasteiger charge is 2.18. The van der Waals surface area contributed by atoms with E-state index >= 15 is 0 Å². The second-order valence-corrected chi connectivity index (χ2v) is 10.2. The van der Waals surface area contributed by atoms with Gasteiger partial charge in [0.25, 0.3) is 5.82 Å². The molecule has 246 valence electrons. The molecule has 48 heavy (non-hydrogen) atoms. The van der Waals surface area contributed by atoms with Crippen LogP contribution in [0.25, 0.3) is 27.9 Å². The smallest absolute Gasteiger partial charge is 0.253 e. The monoisotopic (exact) mass is 650 g/mol. The van der Waals surface area contributed by atoms with E-state index in [1.54, 1.807) is 31.5 Å².